The molecule has 0 aliphatic heterocycles. The van der Waals surface area contributed by atoms with Crippen molar-refractivity contribution in [3.8, 4) is 5.75 Å². The summed E-state index contributed by atoms with van der Waals surface area (Å²) in [5, 5.41) is 4.19. The van der Waals surface area contributed by atoms with Gasteiger partial charge in [-0.3, -0.25) is 9.78 Å². The van der Waals surface area contributed by atoms with Gasteiger partial charge in [0.2, 0.25) is 0 Å². The molecule has 2 heterocycles. The van der Waals surface area contributed by atoms with E-state index in [1.807, 2.05) is 42.5 Å². The standard InChI is InChI=1S/C23H19ClN2O4/c24-20-8-9-21(23-19(20)7-2-10-25-23)30-15-22(27)26-17-5-1-4-16(12-17)13-28-14-18-6-3-11-29-18/h1-12H,13-15H2,(H,26,27). The number of anilines is 1. The number of fused-ring (bicyclic) bond motifs is 1. The first-order valence-electron chi connectivity index (χ1n) is 9.34. The molecule has 152 valence electrons. The van der Waals surface area contributed by atoms with Gasteiger partial charge in [0.15, 0.2) is 6.61 Å². The second-order valence-corrected chi connectivity index (χ2v) is 6.96. The maximum atomic E-state index is 12.3. The monoisotopic (exact) mass is 422 g/mol. The fraction of sp³-hybridized carbons (Fsp3) is 0.130. The summed E-state index contributed by atoms with van der Waals surface area (Å²) in [6.07, 6.45) is 3.27. The van der Waals surface area contributed by atoms with Crippen LogP contribution in [0.1, 0.15) is 11.3 Å². The highest BCUT2D eigenvalue weighted by Crippen LogP contribution is 2.29. The topological polar surface area (TPSA) is 73.6 Å². The molecule has 0 bridgehead atoms. The number of pyridine rings is 1. The van der Waals surface area contributed by atoms with Gasteiger partial charge in [0.05, 0.1) is 17.9 Å². The lowest BCUT2D eigenvalue weighted by Crippen LogP contribution is -2.20. The predicted octanol–water partition coefficient (Wildman–Crippen LogP) is 5.22. The Morgan fingerprint density at radius 2 is 2.00 bits per heavy atom. The van der Waals surface area contributed by atoms with E-state index in [9.17, 15) is 4.79 Å². The quantitative estimate of drug-likeness (QED) is 0.421. The highest BCUT2D eigenvalue weighted by molar-refractivity contribution is 6.35. The third-order valence-corrected chi connectivity index (χ3v) is 4.67. The highest BCUT2D eigenvalue weighted by atomic mass is 35.5. The number of furan rings is 1. The number of amides is 1. The van der Waals surface area contributed by atoms with E-state index in [4.69, 9.17) is 25.5 Å². The lowest BCUT2D eigenvalue weighted by Gasteiger charge is -2.11. The van der Waals surface area contributed by atoms with Crippen LogP contribution in [0.15, 0.2) is 77.5 Å². The number of hydrogen-bond donors (Lipinski definition) is 1. The Labute approximate surface area is 178 Å². The van der Waals surface area contributed by atoms with E-state index < -0.39 is 0 Å². The largest absolute Gasteiger partial charge is 0.481 e. The third-order valence-electron chi connectivity index (χ3n) is 4.34. The molecule has 1 amide bonds. The minimum absolute atomic E-state index is 0.146. The zero-order valence-electron chi connectivity index (χ0n) is 16.0. The number of carbonyl (C=O) groups excluding carboxylic acids is 1. The van der Waals surface area contributed by atoms with E-state index in [2.05, 4.69) is 10.3 Å². The minimum atomic E-state index is -0.275. The lowest BCUT2D eigenvalue weighted by molar-refractivity contribution is -0.118. The predicted molar refractivity (Wildman–Crippen MR) is 115 cm³/mol. The molecular weight excluding hydrogens is 404 g/mol. The van der Waals surface area contributed by atoms with Crippen molar-refractivity contribution in [2.75, 3.05) is 11.9 Å². The molecule has 0 atom stereocenters. The molecule has 0 aliphatic carbocycles. The smallest absolute Gasteiger partial charge is 0.262 e. The van der Waals surface area contributed by atoms with Crippen molar-refractivity contribution in [1.29, 1.82) is 0 Å². The first-order chi connectivity index (χ1) is 14.7. The van der Waals surface area contributed by atoms with E-state index >= 15 is 0 Å². The van der Waals surface area contributed by atoms with Gasteiger partial charge in [0.1, 0.15) is 23.6 Å². The van der Waals surface area contributed by atoms with Gasteiger partial charge < -0.3 is 19.2 Å². The van der Waals surface area contributed by atoms with E-state index in [0.29, 0.717) is 35.2 Å². The molecule has 0 spiro atoms. The summed E-state index contributed by atoms with van der Waals surface area (Å²) >= 11 is 6.19. The summed E-state index contributed by atoms with van der Waals surface area (Å²) < 4.78 is 16.5. The van der Waals surface area contributed by atoms with Crippen molar-refractivity contribution >= 4 is 34.1 Å². The average molecular weight is 423 g/mol. The number of ether oxygens (including phenoxy) is 2. The van der Waals surface area contributed by atoms with Crippen LogP contribution in [-0.2, 0) is 22.7 Å². The second kappa shape index (κ2) is 9.43. The second-order valence-electron chi connectivity index (χ2n) is 6.55. The number of nitrogens with one attached hydrogen (secondary N) is 1. The first kappa shape index (κ1) is 19.9. The molecule has 6 nitrogen and oxygen atoms in total. The Morgan fingerprint density at radius 3 is 2.87 bits per heavy atom. The number of benzene rings is 2. The Hall–Kier alpha value is -3.35. The first-order valence-corrected chi connectivity index (χ1v) is 9.72. The van der Waals surface area contributed by atoms with Crippen molar-refractivity contribution < 1.29 is 18.7 Å². The molecular formula is C23H19ClN2O4. The van der Waals surface area contributed by atoms with Gasteiger partial charge in [-0.05, 0) is 54.1 Å². The molecule has 0 aliphatic rings. The van der Waals surface area contributed by atoms with Gasteiger partial charge in [0, 0.05) is 17.3 Å². The zero-order chi connectivity index (χ0) is 20.8. The van der Waals surface area contributed by atoms with Crippen LogP contribution in [0, 0.1) is 0 Å². The Morgan fingerprint density at radius 1 is 1.07 bits per heavy atom. The minimum Gasteiger partial charge on any atom is -0.481 e. The van der Waals surface area contributed by atoms with Crippen LogP contribution in [0.25, 0.3) is 10.9 Å². The molecule has 1 N–H and O–H groups in total. The van der Waals surface area contributed by atoms with Gasteiger partial charge in [-0.2, -0.15) is 0 Å². The van der Waals surface area contributed by atoms with Crippen molar-refractivity contribution in [2.45, 2.75) is 13.2 Å². The molecule has 7 heteroatoms. The molecule has 0 fully saturated rings. The SMILES string of the molecule is O=C(COc1ccc(Cl)c2cccnc12)Nc1cccc(COCc2ccco2)c1. The summed E-state index contributed by atoms with van der Waals surface area (Å²) in [6, 6.07) is 18.2. The molecule has 0 unspecified atom stereocenters. The van der Waals surface area contributed by atoms with Crippen LogP contribution in [0.3, 0.4) is 0 Å². The Bertz CT molecular complexity index is 1150. The maximum Gasteiger partial charge on any atom is 0.262 e. The molecule has 4 aromatic rings. The Balaban J connectivity index is 1.33. The number of hydrogen-bond acceptors (Lipinski definition) is 5. The number of halogens is 1. The number of carbonyl (C=O) groups is 1. The van der Waals surface area contributed by atoms with Crippen LogP contribution in [0.4, 0.5) is 5.69 Å². The molecule has 0 saturated heterocycles. The summed E-state index contributed by atoms with van der Waals surface area (Å²) in [4.78, 5) is 16.6. The van der Waals surface area contributed by atoms with Gasteiger partial charge in [-0.25, -0.2) is 0 Å². The van der Waals surface area contributed by atoms with Crippen LogP contribution < -0.4 is 10.1 Å². The Kier molecular flexibility index (Phi) is 6.27. The normalized spacial score (nSPS) is 10.8. The van der Waals surface area contributed by atoms with Gasteiger partial charge in [-0.1, -0.05) is 23.7 Å². The summed E-state index contributed by atoms with van der Waals surface area (Å²) in [7, 11) is 0. The van der Waals surface area contributed by atoms with Gasteiger partial charge in [0.25, 0.3) is 5.91 Å². The lowest BCUT2D eigenvalue weighted by atomic mass is 10.2. The van der Waals surface area contributed by atoms with Crippen molar-refractivity contribution in [3.63, 3.8) is 0 Å². The van der Waals surface area contributed by atoms with Gasteiger partial charge >= 0.3 is 0 Å². The molecule has 4 rings (SSSR count). The average Bonchev–Trinajstić information content (AvgIpc) is 3.27. The summed E-state index contributed by atoms with van der Waals surface area (Å²) in [6.45, 7) is 0.649. The van der Waals surface area contributed by atoms with Gasteiger partial charge in [-0.15, -0.1) is 0 Å². The van der Waals surface area contributed by atoms with Crippen LogP contribution in [0.5, 0.6) is 5.75 Å². The van der Waals surface area contributed by atoms with E-state index in [1.165, 1.54) is 0 Å². The van der Waals surface area contributed by atoms with Crippen LogP contribution >= 0.6 is 11.6 Å². The number of nitrogens with zero attached hydrogens (tertiary/aromatic N) is 1. The molecule has 0 radical (unpaired) electrons. The molecule has 0 saturated carbocycles. The third kappa shape index (κ3) is 4.97. The fourth-order valence-corrected chi connectivity index (χ4v) is 3.19. The van der Waals surface area contributed by atoms with Crippen molar-refractivity contribution in [3.05, 3.63) is 89.5 Å². The van der Waals surface area contributed by atoms with Crippen molar-refractivity contribution in [1.82, 2.24) is 4.98 Å². The molecule has 2 aromatic heterocycles. The summed E-state index contributed by atoms with van der Waals surface area (Å²) in [5.74, 6) is 0.994. The highest BCUT2D eigenvalue weighted by Gasteiger charge is 2.10. The van der Waals surface area contributed by atoms with E-state index in [-0.39, 0.29) is 12.5 Å². The maximum absolute atomic E-state index is 12.3. The summed E-state index contributed by atoms with van der Waals surface area (Å²) in [5.41, 5.74) is 2.23. The van der Waals surface area contributed by atoms with E-state index in [0.717, 1.165) is 16.7 Å². The zero-order valence-corrected chi connectivity index (χ0v) is 16.8. The number of aromatic nitrogens is 1. The van der Waals surface area contributed by atoms with Crippen molar-refractivity contribution in [2.24, 2.45) is 0 Å². The number of rotatable bonds is 8. The molecule has 2 aromatic carbocycles. The fourth-order valence-electron chi connectivity index (χ4n) is 2.97. The van der Waals surface area contributed by atoms with Crippen LogP contribution in [0.2, 0.25) is 5.02 Å². The van der Waals surface area contributed by atoms with E-state index in [1.54, 1.807) is 30.7 Å². The molecule has 30 heavy (non-hydrogen) atoms. The van der Waals surface area contributed by atoms with Crippen LogP contribution in [-0.4, -0.2) is 17.5 Å².